The van der Waals surface area contributed by atoms with E-state index < -0.39 is 6.10 Å². The highest BCUT2D eigenvalue weighted by Gasteiger charge is 2.18. The van der Waals surface area contributed by atoms with E-state index in [1.54, 1.807) is 42.5 Å². The van der Waals surface area contributed by atoms with Crippen molar-refractivity contribution in [1.29, 1.82) is 0 Å². The normalized spacial score (nSPS) is 11.4. The van der Waals surface area contributed by atoms with E-state index >= 15 is 0 Å². The number of nitrogens with one attached hydrogen (secondary N) is 1. The first-order chi connectivity index (χ1) is 11.6. The van der Waals surface area contributed by atoms with Crippen LogP contribution in [0.4, 0.5) is 5.69 Å². The molecule has 2 aromatic rings. The smallest absolute Gasteiger partial charge is 0.265 e. The number of halogens is 1. The molecule has 0 radical (unpaired) electrons. The summed E-state index contributed by atoms with van der Waals surface area (Å²) in [6.07, 6.45) is 1.59. The molecule has 0 aliphatic heterocycles. The molecule has 1 N–H and O–H groups in total. The molecule has 1 atom stereocenters. The van der Waals surface area contributed by atoms with Crippen LogP contribution in [-0.2, 0) is 4.79 Å². The third-order valence-electron chi connectivity index (χ3n) is 3.21. The summed E-state index contributed by atoms with van der Waals surface area (Å²) in [4.78, 5) is 12.4. The fraction of sp³-hybridized carbons (Fsp3) is 0.211. The van der Waals surface area contributed by atoms with E-state index in [0.29, 0.717) is 35.2 Å². The number of hydrogen-bond donors (Lipinski definition) is 1. The zero-order valence-corrected chi connectivity index (χ0v) is 14.3. The number of anilines is 1. The van der Waals surface area contributed by atoms with Crippen molar-refractivity contribution in [3.63, 3.8) is 0 Å². The number of ether oxygens (including phenoxy) is 2. The minimum Gasteiger partial charge on any atom is -0.489 e. The molecule has 0 spiro atoms. The van der Waals surface area contributed by atoms with E-state index in [0.717, 1.165) is 0 Å². The van der Waals surface area contributed by atoms with E-state index in [1.807, 2.05) is 19.1 Å². The van der Waals surface area contributed by atoms with Gasteiger partial charge in [0.25, 0.3) is 5.91 Å². The molecule has 126 valence electrons. The average Bonchev–Trinajstić information content (AvgIpc) is 2.58. The lowest BCUT2D eigenvalue weighted by molar-refractivity contribution is -0.122. The van der Waals surface area contributed by atoms with Gasteiger partial charge in [-0.25, -0.2) is 0 Å². The molecule has 0 heterocycles. The zero-order chi connectivity index (χ0) is 17.4. The third-order valence-corrected chi connectivity index (χ3v) is 3.44. The van der Waals surface area contributed by atoms with Crippen molar-refractivity contribution >= 4 is 23.2 Å². The fourth-order valence-electron chi connectivity index (χ4n) is 2.07. The van der Waals surface area contributed by atoms with Crippen LogP contribution in [0.5, 0.6) is 11.5 Å². The maximum atomic E-state index is 12.4. The van der Waals surface area contributed by atoms with E-state index in [9.17, 15) is 4.79 Å². The van der Waals surface area contributed by atoms with Crippen molar-refractivity contribution in [3.05, 3.63) is 66.2 Å². The van der Waals surface area contributed by atoms with Gasteiger partial charge >= 0.3 is 0 Å². The fourth-order valence-corrected chi connectivity index (χ4v) is 2.25. The summed E-state index contributed by atoms with van der Waals surface area (Å²) in [6.45, 7) is 5.90. The summed E-state index contributed by atoms with van der Waals surface area (Å²) >= 11 is 5.94. The predicted molar refractivity (Wildman–Crippen MR) is 96.9 cm³/mol. The van der Waals surface area contributed by atoms with Gasteiger partial charge in [0.15, 0.2) is 6.10 Å². The zero-order valence-electron chi connectivity index (χ0n) is 13.5. The number of amides is 1. The van der Waals surface area contributed by atoms with Gasteiger partial charge in [-0.2, -0.15) is 0 Å². The lowest BCUT2D eigenvalue weighted by Gasteiger charge is -2.17. The second-order valence-corrected chi connectivity index (χ2v) is 5.53. The van der Waals surface area contributed by atoms with E-state index in [2.05, 4.69) is 11.9 Å². The quantitative estimate of drug-likeness (QED) is 0.705. The summed E-state index contributed by atoms with van der Waals surface area (Å²) in [7, 11) is 0. The van der Waals surface area contributed by atoms with Crippen LogP contribution >= 0.6 is 11.6 Å². The van der Waals surface area contributed by atoms with Crippen molar-refractivity contribution in [2.45, 2.75) is 19.4 Å². The molecule has 0 aliphatic rings. The molecule has 5 heteroatoms. The molecule has 0 fully saturated rings. The standard InChI is InChI=1S/C19H20ClNO3/c1-3-11-23-16-9-6-8-15(13-16)21-19(22)18(4-2)24-17-10-5-7-14(20)12-17/h3,5-10,12-13,18H,1,4,11H2,2H3,(H,21,22)/t18-/m0/s1. The van der Waals surface area contributed by atoms with Gasteiger partial charge in [0.05, 0.1) is 0 Å². The Bertz CT molecular complexity index is 703. The lowest BCUT2D eigenvalue weighted by Crippen LogP contribution is -2.32. The van der Waals surface area contributed by atoms with Crippen LogP contribution in [-0.4, -0.2) is 18.6 Å². The van der Waals surface area contributed by atoms with E-state index in [-0.39, 0.29) is 5.91 Å². The second-order valence-electron chi connectivity index (χ2n) is 5.09. The van der Waals surface area contributed by atoms with Crippen molar-refractivity contribution in [3.8, 4) is 11.5 Å². The lowest BCUT2D eigenvalue weighted by atomic mass is 10.2. The van der Waals surface area contributed by atoms with Crippen LogP contribution in [0.1, 0.15) is 13.3 Å². The highest BCUT2D eigenvalue weighted by molar-refractivity contribution is 6.30. The summed E-state index contributed by atoms with van der Waals surface area (Å²) in [6, 6.07) is 14.2. The second kappa shape index (κ2) is 8.99. The van der Waals surface area contributed by atoms with Crippen LogP contribution in [0, 0.1) is 0 Å². The Hall–Kier alpha value is -2.46. The van der Waals surface area contributed by atoms with Crippen LogP contribution in [0.2, 0.25) is 5.02 Å². The van der Waals surface area contributed by atoms with Crippen LogP contribution < -0.4 is 14.8 Å². The molecule has 0 bridgehead atoms. The number of hydrogen-bond acceptors (Lipinski definition) is 3. The summed E-state index contributed by atoms with van der Waals surface area (Å²) < 4.78 is 11.2. The SMILES string of the molecule is C=CCOc1cccc(NC(=O)[C@H](CC)Oc2cccc(Cl)c2)c1. The molecule has 0 saturated carbocycles. The summed E-state index contributed by atoms with van der Waals surface area (Å²) in [5.74, 6) is 1.00. The Morgan fingerprint density at radius 1 is 1.25 bits per heavy atom. The van der Waals surface area contributed by atoms with Gasteiger partial charge in [-0.15, -0.1) is 0 Å². The van der Waals surface area contributed by atoms with Crippen molar-refractivity contribution in [2.24, 2.45) is 0 Å². The summed E-state index contributed by atoms with van der Waals surface area (Å²) in [5, 5.41) is 3.41. The Morgan fingerprint density at radius 2 is 2.00 bits per heavy atom. The first kappa shape index (κ1) is 17.9. The first-order valence-corrected chi connectivity index (χ1v) is 8.07. The Labute approximate surface area is 147 Å². The average molecular weight is 346 g/mol. The molecule has 4 nitrogen and oxygen atoms in total. The van der Waals surface area contributed by atoms with E-state index in [1.165, 1.54) is 0 Å². The van der Waals surface area contributed by atoms with Crippen molar-refractivity contribution < 1.29 is 14.3 Å². The first-order valence-electron chi connectivity index (χ1n) is 7.69. The highest BCUT2D eigenvalue weighted by Crippen LogP contribution is 2.21. The van der Waals surface area contributed by atoms with Gasteiger partial charge in [0.1, 0.15) is 18.1 Å². The Balaban J connectivity index is 2.02. The summed E-state index contributed by atoms with van der Waals surface area (Å²) in [5.41, 5.74) is 0.648. The maximum Gasteiger partial charge on any atom is 0.265 e. The largest absolute Gasteiger partial charge is 0.489 e. The van der Waals surface area contributed by atoms with Gasteiger partial charge in [-0.05, 0) is 36.8 Å². The molecule has 1 amide bonds. The van der Waals surface area contributed by atoms with Gasteiger partial charge in [-0.1, -0.05) is 43.3 Å². The molecule has 2 rings (SSSR count). The molecule has 24 heavy (non-hydrogen) atoms. The minimum atomic E-state index is -0.610. The monoisotopic (exact) mass is 345 g/mol. The van der Waals surface area contributed by atoms with Crippen LogP contribution in [0.25, 0.3) is 0 Å². The molecule has 0 unspecified atom stereocenters. The molecule has 0 aliphatic carbocycles. The van der Waals surface area contributed by atoms with Gasteiger partial charge in [-0.3, -0.25) is 4.79 Å². The van der Waals surface area contributed by atoms with Gasteiger partial charge < -0.3 is 14.8 Å². The number of benzene rings is 2. The highest BCUT2D eigenvalue weighted by atomic mass is 35.5. The number of rotatable bonds is 8. The topological polar surface area (TPSA) is 47.6 Å². The molecule has 2 aromatic carbocycles. The molecule has 0 aromatic heterocycles. The maximum absolute atomic E-state index is 12.4. The predicted octanol–water partition coefficient (Wildman–Crippen LogP) is 4.70. The van der Waals surface area contributed by atoms with Gasteiger partial charge in [0.2, 0.25) is 0 Å². The van der Waals surface area contributed by atoms with Gasteiger partial charge in [0, 0.05) is 16.8 Å². The third kappa shape index (κ3) is 5.32. The molecular weight excluding hydrogens is 326 g/mol. The number of carbonyl (C=O) groups is 1. The van der Waals surface area contributed by atoms with Crippen LogP contribution in [0.15, 0.2) is 61.2 Å². The number of carbonyl (C=O) groups excluding carboxylic acids is 1. The minimum absolute atomic E-state index is 0.224. The Kier molecular flexibility index (Phi) is 6.70. The van der Waals surface area contributed by atoms with Crippen molar-refractivity contribution in [1.82, 2.24) is 0 Å². The van der Waals surface area contributed by atoms with Crippen molar-refractivity contribution in [2.75, 3.05) is 11.9 Å². The molecular formula is C19H20ClNO3. The van der Waals surface area contributed by atoms with Crippen LogP contribution in [0.3, 0.4) is 0 Å². The Morgan fingerprint density at radius 3 is 2.71 bits per heavy atom. The van der Waals surface area contributed by atoms with E-state index in [4.69, 9.17) is 21.1 Å². The molecule has 0 saturated heterocycles.